The van der Waals surface area contributed by atoms with E-state index in [1.165, 1.54) is 22.8 Å². The minimum Gasteiger partial charge on any atom is -0.295 e. The van der Waals surface area contributed by atoms with E-state index < -0.39 is 0 Å². The summed E-state index contributed by atoms with van der Waals surface area (Å²) in [6.45, 7) is 3.28. The smallest absolute Gasteiger partial charge is 0.243 e. The van der Waals surface area contributed by atoms with Gasteiger partial charge in [0.05, 0.1) is 11.4 Å². The third-order valence-corrected chi connectivity index (χ3v) is 8.25. The quantitative estimate of drug-likeness (QED) is 0.398. The van der Waals surface area contributed by atoms with Crippen molar-refractivity contribution < 1.29 is 14.0 Å². The number of rotatable bonds is 4. The number of imide groups is 1. The maximum atomic E-state index is 14.3. The third-order valence-electron chi connectivity index (χ3n) is 7.68. The molecule has 3 aliphatic rings. The van der Waals surface area contributed by atoms with Crippen LogP contribution in [0.5, 0.6) is 0 Å². The van der Waals surface area contributed by atoms with Crippen LogP contribution in [0.2, 0.25) is 0 Å². The zero-order valence-electron chi connectivity index (χ0n) is 19.9. The molecule has 2 atom stereocenters. The van der Waals surface area contributed by atoms with Crippen molar-refractivity contribution in [1.82, 2.24) is 15.1 Å². The fourth-order valence-corrected chi connectivity index (χ4v) is 6.29. The van der Waals surface area contributed by atoms with Crippen LogP contribution in [0.4, 0.5) is 4.39 Å². The van der Waals surface area contributed by atoms with E-state index in [1.807, 2.05) is 18.2 Å². The Kier molecular flexibility index (Phi) is 6.15. The van der Waals surface area contributed by atoms with E-state index in [-0.39, 0.29) is 29.0 Å². The maximum absolute atomic E-state index is 14.3. The number of hydrogen-bond acceptors (Lipinski definition) is 5. The summed E-state index contributed by atoms with van der Waals surface area (Å²) in [6.07, 6.45) is 4.09. The summed E-state index contributed by atoms with van der Waals surface area (Å²) in [5.41, 5.74) is 5.97. The van der Waals surface area contributed by atoms with E-state index in [4.69, 9.17) is 12.6 Å². The van der Waals surface area contributed by atoms with Crippen LogP contribution in [-0.4, -0.2) is 40.7 Å². The van der Waals surface area contributed by atoms with Gasteiger partial charge in [0.15, 0.2) is 0 Å². The zero-order valence-corrected chi connectivity index (χ0v) is 20.8. The molecule has 1 fully saturated rings. The van der Waals surface area contributed by atoms with Crippen molar-refractivity contribution in [1.29, 1.82) is 0 Å². The van der Waals surface area contributed by atoms with Crippen molar-refractivity contribution >= 4 is 40.8 Å². The Morgan fingerprint density at radius 3 is 2.67 bits per heavy atom. The molecule has 36 heavy (non-hydrogen) atoms. The van der Waals surface area contributed by atoms with Crippen LogP contribution in [-0.2, 0) is 22.7 Å². The predicted octanol–water partition coefficient (Wildman–Crippen LogP) is 4.82. The second-order valence-electron chi connectivity index (χ2n) is 9.90. The molecular weight excluding hydrogens is 473 g/mol. The van der Waals surface area contributed by atoms with Crippen LogP contribution >= 0.6 is 12.6 Å². The summed E-state index contributed by atoms with van der Waals surface area (Å²) in [5, 5.41) is 3.96. The lowest BCUT2D eigenvalue weighted by Gasteiger charge is -2.32. The molecule has 5 nitrogen and oxygen atoms in total. The van der Waals surface area contributed by atoms with Gasteiger partial charge in [-0.15, -0.1) is 0 Å². The molecular formula is C29H28FN3O2S. The molecule has 3 heterocycles. The number of hydrogen-bond donors (Lipinski definition) is 2. The summed E-state index contributed by atoms with van der Waals surface area (Å²) < 4.78 is 14.3. The molecule has 0 aliphatic carbocycles. The number of carbonyl (C=O) groups excluding carboxylic acids is 2. The highest BCUT2D eigenvalue weighted by Gasteiger charge is 2.39. The Balaban J connectivity index is 1.15. The molecule has 1 saturated heterocycles. The second-order valence-corrected chi connectivity index (χ2v) is 10.4. The second kappa shape index (κ2) is 9.47. The molecule has 6 rings (SSSR count). The molecule has 0 spiro atoms. The normalized spacial score (nSPS) is 23.0. The van der Waals surface area contributed by atoms with Gasteiger partial charge in [-0.3, -0.25) is 24.7 Å². The van der Waals surface area contributed by atoms with E-state index in [2.05, 4.69) is 45.5 Å². The number of carbonyl (C=O) groups is 2. The van der Waals surface area contributed by atoms with Gasteiger partial charge in [-0.2, -0.15) is 12.6 Å². The number of halogens is 1. The van der Waals surface area contributed by atoms with Crippen molar-refractivity contribution in [2.45, 2.75) is 43.8 Å². The average Bonchev–Trinajstić information content (AvgIpc) is 3.20. The predicted molar refractivity (Wildman–Crippen MR) is 142 cm³/mol. The zero-order chi connectivity index (χ0) is 24.8. The molecule has 184 valence electrons. The van der Waals surface area contributed by atoms with Crippen LogP contribution in [0.15, 0.2) is 60.7 Å². The first kappa shape index (κ1) is 23.4. The van der Waals surface area contributed by atoms with Crippen molar-refractivity contribution in [3.8, 4) is 0 Å². The van der Waals surface area contributed by atoms with Gasteiger partial charge in [0.2, 0.25) is 11.8 Å². The molecule has 3 aromatic rings. The molecule has 0 aromatic heterocycles. The van der Waals surface area contributed by atoms with Crippen molar-refractivity contribution in [3.05, 3.63) is 88.7 Å². The molecule has 0 bridgehead atoms. The van der Waals surface area contributed by atoms with Crippen LogP contribution in [0.3, 0.4) is 0 Å². The van der Waals surface area contributed by atoms with Gasteiger partial charge in [-0.25, -0.2) is 4.39 Å². The van der Waals surface area contributed by atoms with E-state index >= 15 is 0 Å². The molecule has 2 amide bonds. The Hall–Kier alpha value is -3.00. The van der Waals surface area contributed by atoms with Crippen LogP contribution < -0.4 is 5.32 Å². The van der Waals surface area contributed by atoms with E-state index in [1.54, 1.807) is 6.07 Å². The first-order chi connectivity index (χ1) is 17.5. The summed E-state index contributed by atoms with van der Waals surface area (Å²) in [7, 11) is 0. The lowest BCUT2D eigenvalue weighted by atomic mass is 9.94. The van der Waals surface area contributed by atoms with Crippen LogP contribution in [0.1, 0.15) is 46.9 Å². The topological polar surface area (TPSA) is 52.7 Å². The average molecular weight is 502 g/mol. The summed E-state index contributed by atoms with van der Waals surface area (Å²) >= 11 is 4.80. The SMILES string of the molecule is O=C1CCC(N2Cc3cc(CN4CC=C(c5cccc6c(F)cccc56)CC4)ccc3C2S)C(=O)N1. The number of benzene rings is 3. The fourth-order valence-electron chi connectivity index (χ4n) is 5.80. The van der Waals surface area contributed by atoms with E-state index in [0.717, 1.165) is 42.6 Å². The Labute approximate surface area is 215 Å². The van der Waals surface area contributed by atoms with E-state index in [9.17, 15) is 14.0 Å². The van der Waals surface area contributed by atoms with Crippen LogP contribution in [0.25, 0.3) is 16.3 Å². The fraction of sp³-hybridized carbons (Fsp3) is 0.310. The maximum Gasteiger partial charge on any atom is 0.243 e. The molecule has 0 radical (unpaired) electrons. The largest absolute Gasteiger partial charge is 0.295 e. The molecule has 3 aliphatic heterocycles. The first-order valence-corrected chi connectivity index (χ1v) is 13.0. The third kappa shape index (κ3) is 4.25. The number of thiol groups is 1. The minimum absolute atomic E-state index is 0.149. The Morgan fingerprint density at radius 2 is 1.86 bits per heavy atom. The van der Waals surface area contributed by atoms with Gasteiger partial charge in [0.1, 0.15) is 5.82 Å². The van der Waals surface area contributed by atoms with Gasteiger partial charge >= 0.3 is 0 Å². The summed E-state index contributed by atoms with van der Waals surface area (Å²) in [5.74, 6) is -0.593. The minimum atomic E-state index is -0.325. The highest BCUT2D eigenvalue weighted by atomic mass is 32.1. The number of piperidine rings is 1. The number of amides is 2. The van der Waals surface area contributed by atoms with Crippen LogP contribution in [0, 0.1) is 5.82 Å². The lowest BCUT2D eigenvalue weighted by Crippen LogP contribution is -2.51. The van der Waals surface area contributed by atoms with Gasteiger partial charge in [-0.1, -0.05) is 54.6 Å². The highest BCUT2D eigenvalue weighted by Crippen LogP contribution is 2.40. The van der Waals surface area contributed by atoms with Gasteiger partial charge < -0.3 is 0 Å². The monoisotopic (exact) mass is 501 g/mol. The van der Waals surface area contributed by atoms with Crippen molar-refractivity contribution in [2.75, 3.05) is 13.1 Å². The molecule has 0 saturated carbocycles. The number of nitrogens with one attached hydrogen (secondary N) is 1. The highest BCUT2D eigenvalue weighted by molar-refractivity contribution is 7.80. The van der Waals surface area contributed by atoms with Crippen molar-refractivity contribution in [2.24, 2.45) is 0 Å². The molecule has 2 unspecified atom stereocenters. The number of fused-ring (bicyclic) bond motifs is 2. The first-order valence-electron chi connectivity index (χ1n) is 12.5. The van der Waals surface area contributed by atoms with E-state index in [0.29, 0.717) is 24.8 Å². The molecule has 3 aromatic carbocycles. The molecule has 7 heteroatoms. The summed E-state index contributed by atoms with van der Waals surface area (Å²) in [4.78, 5) is 28.4. The molecule has 1 N–H and O–H groups in total. The van der Waals surface area contributed by atoms with Gasteiger partial charge in [0.25, 0.3) is 0 Å². The standard InChI is InChI=1S/C29H28FN3O2S/c30-25-6-2-4-23-21(3-1-5-24(23)25)19-11-13-32(14-12-19)16-18-7-8-22-20(15-18)17-33(29(22)36)26-9-10-27(34)31-28(26)35/h1-8,11,15,26,29,36H,9-10,12-14,16-17H2,(H,31,34,35). The Morgan fingerprint density at radius 1 is 1.03 bits per heavy atom. The lowest BCUT2D eigenvalue weighted by molar-refractivity contribution is -0.137. The van der Waals surface area contributed by atoms with Gasteiger partial charge in [-0.05, 0) is 52.1 Å². The Bertz CT molecular complexity index is 1400. The van der Waals surface area contributed by atoms with Gasteiger partial charge in [0, 0.05) is 38.0 Å². The van der Waals surface area contributed by atoms with Crippen molar-refractivity contribution in [3.63, 3.8) is 0 Å². The summed E-state index contributed by atoms with van der Waals surface area (Å²) in [6, 6.07) is 17.4. The number of nitrogens with zero attached hydrogens (tertiary/aromatic N) is 2.